The van der Waals surface area contributed by atoms with Gasteiger partial charge in [0.25, 0.3) is 5.91 Å². The Morgan fingerprint density at radius 3 is 2.47 bits per heavy atom. The van der Waals surface area contributed by atoms with Gasteiger partial charge in [0.1, 0.15) is 0 Å². The van der Waals surface area contributed by atoms with E-state index in [1.54, 1.807) is 12.1 Å². The fourth-order valence-electron chi connectivity index (χ4n) is 1.18. The van der Waals surface area contributed by atoms with E-state index in [-0.39, 0.29) is 11.4 Å². The van der Waals surface area contributed by atoms with Gasteiger partial charge in [-0.25, -0.2) is 0 Å². The largest absolute Gasteiger partial charge is 0.345 e. The molecule has 0 aromatic heterocycles. The van der Waals surface area contributed by atoms with E-state index in [9.17, 15) is 4.79 Å². The normalized spacial score (nSPS) is 11.4. The molecule has 2 nitrogen and oxygen atoms in total. The molecule has 5 heteroatoms. The molecular weight excluding hydrogens is 369 g/mol. The molecule has 1 aromatic carbocycles. The van der Waals surface area contributed by atoms with Crippen LogP contribution in [0.1, 0.15) is 22.8 Å². The van der Waals surface area contributed by atoms with Crippen LogP contribution in [-0.4, -0.2) is 22.1 Å². The zero-order valence-electron chi connectivity index (χ0n) is 9.69. The van der Waals surface area contributed by atoms with E-state index in [1.165, 1.54) is 0 Å². The highest BCUT2D eigenvalue weighted by molar-refractivity contribution is 9.09. The topological polar surface area (TPSA) is 29.1 Å². The summed E-state index contributed by atoms with van der Waals surface area (Å²) in [5.41, 5.74) is 1.23. The van der Waals surface area contributed by atoms with Crippen LogP contribution < -0.4 is 5.32 Å². The van der Waals surface area contributed by atoms with Crippen molar-refractivity contribution in [1.29, 1.82) is 0 Å². The van der Waals surface area contributed by atoms with E-state index in [0.717, 1.165) is 5.56 Å². The second-order valence-corrected chi connectivity index (χ2v) is 5.77. The highest BCUT2D eigenvalue weighted by Gasteiger charge is 2.24. The smallest absolute Gasteiger partial charge is 0.251 e. The first-order valence-electron chi connectivity index (χ1n) is 5.12. The Morgan fingerprint density at radius 1 is 1.41 bits per heavy atom. The molecule has 1 aromatic rings. The van der Waals surface area contributed by atoms with Crippen molar-refractivity contribution in [2.75, 3.05) is 10.7 Å². The Balaban J connectivity index is 2.86. The van der Waals surface area contributed by atoms with Crippen LogP contribution in [0.25, 0.3) is 0 Å². The summed E-state index contributed by atoms with van der Waals surface area (Å²) in [6, 6.07) is 5.31. The maximum absolute atomic E-state index is 12.0. The summed E-state index contributed by atoms with van der Waals surface area (Å²) in [6.07, 6.45) is 0. The van der Waals surface area contributed by atoms with E-state index in [0.29, 0.717) is 21.2 Å². The lowest BCUT2D eigenvalue weighted by Gasteiger charge is -2.26. The van der Waals surface area contributed by atoms with Gasteiger partial charge in [-0.1, -0.05) is 49.5 Å². The fourth-order valence-corrected chi connectivity index (χ4v) is 2.57. The molecule has 0 saturated heterocycles. The van der Waals surface area contributed by atoms with Crippen molar-refractivity contribution < 1.29 is 4.79 Å². The van der Waals surface area contributed by atoms with Crippen LogP contribution in [0.15, 0.2) is 18.2 Å². The molecule has 0 aliphatic carbocycles. The Morgan fingerprint density at radius 2 is 2.00 bits per heavy atom. The van der Waals surface area contributed by atoms with E-state index in [1.807, 2.05) is 19.9 Å². The zero-order valence-corrected chi connectivity index (χ0v) is 13.6. The van der Waals surface area contributed by atoms with Crippen LogP contribution in [0, 0.1) is 6.92 Å². The Bertz CT molecular complexity index is 419. The molecule has 0 unspecified atom stereocenters. The lowest BCUT2D eigenvalue weighted by atomic mass is 10.1. The molecule has 0 radical (unpaired) electrons. The number of halogens is 3. The quantitative estimate of drug-likeness (QED) is 0.785. The highest BCUT2D eigenvalue weighted by atomic mass is 79.9. The van der Waals surface area contributed by atoms with Crippen molar-refractivity contribution in [3.63, 3.8) is 0 Å². The van der Waals surface area contributed by atoms with Crippen molar-refractivity contribution in [2.45, 2.75) is 19.4 Å². The predicted molar refractivity (Wildman–Crippen MR) is 79.6 cm³/mol. The van der Waals surface area contributed by atoms with Gasteiger partial charge in [-0.3, -0.25) is 4.79 Å². The minimum absolute atomic E-state index is 0.117. The standard InChI is InChI=1S/C12H14Br2ClNO/c1-8-3-4-9(5-10(8)15)11(17)16-12(2,6-13)7-14/h3-5H,6-7H2,1-2H3,(H,16,17). The average molecular weight is 384 g/mol. The minimum Gasteiger partial charge on any atom is -0.345 e. The van der Waals surface area contributed by atoms with Crippen molar-refractivity contribution in [2.24, 2.45) is 0 Å². The van der Waals surface area contributed by atoms with Gasteiger partial charge in [0, 0.05) is 21.2 Å². The molecule has 0 aliphatic heterocycles. The third kappa shape index (κ3) is 3.97. The van der Waals surface area contributed by atoms with Crippen molar-refractivity contribution in [1.82, 2.24) is 5.32 Å². The Hall–Kier alpha value is -0.0600. The number of benzene rings is 1. The number of carbonyl (C=O) groups excluding carboxylic acids is 1. The molecule has 1 amide bonds. The van der Waals surface area contributed by atoms with Gasteiger partial charge < -0.3 is 5.32 Å². The molecule has 1 rings (SSSR count). The maximum Gasteiger partial charge on any atom is 0.251 e. The molecule has 0 heterocycles. The number of hydrogen-bond donors (Lipinski definition) is 1. The third-order valence-corrected chi connectivity index (χ3v) is 5.32. The Labute approximate surface area is 123 Å². The molecular formula is C12H14Br2ClNO. The first-order chi connectivity index (χ1) is 7.91. The number of carbonyl (C=O) groups is 1. The van der Waals surface area contributed by atoms with Crippen LogP contribution in [0.4, 0.5) is 0 Å². The monoisotopic (exact) mass is 381 g/mol. The molecule has 0 saturated carbocycles. The number of amides is 1. The second kappa shape index (κ2) is 6.21. The third-order valence-electron chi connectivity index (χ3n) is 2.44. The summed E-state index contributed by atoms with van der Waals surface area (Å²) in [6.45, 7) is 3.87. The van der Waals surface area contributed by atoms with Crippen LogP contribution >= 0.6 is 43.5 Å². The Kier molecular flexibility index (Phi) is 5.48. The van der Waals surface area contributed by atoms with Crippen LogP contribution in [0.3, 0.4) is 0 Å². The van der Waals surface area contributed by atoms with E-state index >= 15 is 0 Å². The summed E-state index contributed by atoms with van der Waals surface area (Å²) in [7, 11) is 0. The number of hydrogen-bond acceptors (Lipinski definition) is 1. The van der Waals surface area contributed by atoms with Gasteiger partial charge in [0.05, 0.1) is 5.54 Å². The maximum atomic E-state index is 12.0. The molecule has 94 valence electrons. The first kappa shape index (κ1) is 15.0. The molecule has 0 atom stereocenters. The van der Waals surface area contributed by atoms with Crippen molar-refractivity contribution in [3.8, 4) is 0 Å². The van der Waals surface area contributed by atoms with Gasteiger partial charge in [0.2, 0.25) is 0 Å². The van der Waals surface area contributed by atoms with Gasteiger partial charge in [0.15, 0.2) is 0 Å². The van der Waals surface area contributed by atoms with Gasteiger partial charge in [-0.2, -0.15) is 0 Å². The van der Waals surface area contributed by atoms with E-state index in [4.69, 9.17) is 11.6 Å². The highest BCUT2D eigenvalue weighted by Crippen LogP contribution is 2.18. The van der Waals surface area contributed by atoms with Gasteiger partial charge >= 0.3 is 0 Å². The average Bonchev–Trinajstić information content (AvgIpc) is 2.32. The summed E-state index contributed by atoms with van der Waals surface area (Å²) in [4.78, 5) is 12.0. The van der Waals surface area contributed by atoms with Crippen molar-refractivity contribution in [3.05, 3.63) is 34.3 Å². The lowest BCUT2D eigenvalue weighted by Crippen LogP contribution is -2.48. The number of rotatable bonds is 4. The summed E-state index contributed by atoms with van der Waals surface area (Å²) < 4.78 is 0. The first-order valence-corrected chi connectivity index (χ1v) is 7.74. The van der Waals surface area contributed by atoms with E-state index < -0.39 is 0 Å². The number of alkyl halides is 2. The number of nitrogens with one attached hydrogen (secondary N) is 1. The molecule has 17 heavy (non-hydrogen) atoms. The minimum atomic E-state index is -0.311. The zero-order chi connectivity index (χ0) is 13.1. The van der Waals surface area contributed by atoms with Gasteiger partial charge in [-0.15, -0.1) is 0 Å². The molecule has 0 fully saturated rings. The second-order valence-electron chi connectivity index (χ2n) is 4.25. The molecule has 0 bridgehead atoms. The summed E-state index contributed by atoms with van der Waals surface area (Å²) >= 11 is 12.8. The number of aryl methyl sites for hydroxylation is 1. The molecule has 0 spiro atoms. The van der Waals surface area contributed by atoms with E-state index in [2.05, 4.69) is 37.2 Å². The molecule has 0 aliphatic rings. The molecule has 1 N–H and O–H groups in total. The fraction of sp³-hybridized carbons (Fsp3) is 0.417. The summed E-state index contributed by atoms with van der Waals surface area (Å²) in [5, 5.41) is 4.93. The SMILES string of the molecule is Cc1ccc(C(=O)NC(C)(CBr)CBr)cc1Cl. The van der Waals surface area contributed by atoms with Crippen molar-refractivity contribution >= 4 is 49.4 Å². The van der Waals surface area contributed by atoms with Crippen LogP contribution in [0.2, 0.25) is 5.02 Å². The predicted octanol–water partition coefficient (Wildman–Crippen LogP) is 3.93. The van der Waals surface area contributed by atoms with Crippen LogP contribution in [-0.2, 0) is 0 Å². The lowest BCUT2D eigenvalue weighted by molar-refractivity contribution is 0.0923. The van der Waals surface area contributed by atoms with Gasteiger partial charge in [-0.05, 0) is 31.5 Å². The van der Waals surface area contributed by atoms with Crippen LogP contribution in [0.5, 0.6) is 0 Å². The summed E-state index contributed by atoms with van der Waals surface area (Å²) in [5.74, 6) is -0.117.